The summed E-state index contributed by atoms with van der Waals surface area (Å²) < 4.78 is 51.3. The first-order valence-electron chi connectivity index (χ1n) is 7.99. The molecule has 0 saturated heterocycles. The van der Waals surface area contributed by atoms with Crippen molar-refractivity contribution >= 4 is 16.7 Å². The van der Waals surface area contributed by atoms with Crippen LogP contribution in [0, 0.1) is 0 Å². The number of benzene rings is 1. The highest BCUT2D eigenvalue weighted by Crippen LogP contribution is 2.42. The number of amides is 1. The number of alkyl halides is 3. The minimum absolute atomic E-state index is 0.0422. The van der Waals surface area contributed by atoms with Gasteiger partial charge in [0.05, 0.1) is 16.9 Å². The number of aromatic nitrogens is 3. The van der Waals surface area contributed by atoms with Crippen LogP contribution in [0.2, 0.25) is 0 Å². The molecular formula is C16H17F3N4O2S. The lowest BCUT2D eigenvalue weighted by Crippen LogP contribution is -2.28. The molecule has 0 aliphatic heterocycles. The molecule has 1 aliphatic rings. The van der Waals surface area contributed by atoms with E-state index in [0.29, 0.717) is 11.4 Å². The van der Waals surface area contributed by atoms with Gasteiger partial charge in [-0.15, -0.1) is 5.10 Å². The van der Waals surface area contributed by atoms with Crippen molar-refractivity contribution in [2.45, 2.75) is 24.9 Å². The van der Waals surface area contributed by atoms with Crippen LogP contribution in [0.15, 0.2) is 24.3 Å². The third kappa shape index (κ3) is 4.12. The molecule has 1 fully saturated rings. The highest BCUT2D eigenvalue weighted by Gasteiger charge is 2.35. The molecule has 1 aromatic heterocycles. The Morgan fingerprint density at radius 3 is 2.73 bits per heavy atom. The van der Waals surface area contributed by atoms with Crippen LogP contribution in [-0.4, -0.2) is 43.7 Å². The standard InChI is InChI=1S/C16H17F3N4O2S/c1-26(25)8-7-20-15(24)13-14(10-5-6-10)23(22-21-13)12-4-2-3-11(9-12)16(17,18)19/h2-4,9-10H,5-8H2,1H3,(H,20,24). The average Bonchev–Trinajstić information content (AvgIpc) is 3.31. The summed E-state index contributed by atoms with van der Waals surface area (Å²) in [5, 5.41) is 10.4. The summed E-state index contributed by atoms with van der Waals surface area (Å²) in [5.41, 5.74) is 0.0397. The van der Waals surface area contributed by atoms with E-state index in [0.717, 1.165) is 25.0 Å². The molecule has 1 N–H and O–H groups in total. The SMILES string of the molecule is CS(=O)CCNC(=O)c1nnn(-c2cccc(C(F)(F)F)c2)c1C1CC1. The first-order valence-corrected chi connectivity index (χ1v) is 9.71. The molecule has 1 unspecified atom stereocenters. The van der Waals surface area contributed by atoms with Crippen LogP contribution < -0.4 is 5.32 Å². The van der Waals surface area contributed by atoms with Crippen molar-refractivity contribution in [3.05, 3.63) is 41.2 Å². The van der Waals surface area contributed by atoms with Gasteiger partial charge in [0.2, 0.25) is 0 Å². The summed E-state index contributed by atoms with van der Waals surface area (Å²) in [5.74, 6) is -0.108. The second kappa shape index (κ2) is 7.18. The molecule has 1 aliphatic carbocycles. The van der Waals surface area contributed by atoms with Crippen molar-refractivity contribution < 1.29 is 22.2 Å². The number of hydrogen-bond donors (Lipinski definition) is 1. The second-order valence-corrected chi connectivity index (χ2v) is 7.65. The first-order chi connectivity index (χ1) is 12.3. The van der Waals surface area contributed by atoms with E-state index in [1.165, 1.54) is 23.1 Å². The van der Waals surface area contributed by atoms with Gasteiger partial charge in [0, 0.05) is 35.3 Å². The van der Waals surface area contributed by atoms with Crippen LogP contribution in [0.4, 0.5) is 13.2 Å². The van der Waals surface area contributed by atoms with Gasteiger partial charge in [-0.3, -0.25) is 9.00 Å². The van der Waals surface area contributed by atoms with E-state index in [4.69, 9.17) is 0 Å². The Hall–Kier alpha value is -2.23. The van der Waals surface area contributed by atoms with Crippen LogP contribution in [-0.2, 0) is 17.0 Å². The highest BCUT2D eigenvalue weighted by molar-refractivity contribution is 7.84. The average molecular weight is 386 g/mol. The minimum Gasteiger partial charge on any atom is -0.350 e. The van der Waals surface area contributed by atoms with E-state index in [1.54, 1.807) is 0 Å². The Labute approximate surface area is 150 Å². The number of hydrogen-bond acceptors (Lipinski definition) is 4. The summed E-state index contributed by atoms with van der Waals surface area (Å²) in [6.07, 6.45) is -1.28. The predicted octanol–water partition coefficient (Wildman–Crippen LogP) is 2.27. The van der Waals surface area contributed by atoms with Gasteiger partial charge in [0.1, 0.15) is 0 Å². The molecule has 1 heterocycles. The maximum absolute atomic E-state index is 13.0. The molecule has 1 atom stereocenters. The highest BCUT2D eigenvalue weighted by atomic mass is 32.2. The smallest absolute Gasteiger partial charge is 0.350 e. The van der Waals surface area contributed by atoms with E-state index in [2.05, 4.69) is 15.6 Å². The molecule has 1 saturated carbocycles. The Morgan fingerprint density at radius 1 is 1.38 bits per heavy atom. The zero-order valence-electron chi connectivity index (χ0n) is 13.9. The maximum atomic E-state index is 13.0. The summed E-state index contributed by atoms with van der Waals surface area (Å²) in [6, 6.07) is 4.77. The molecule has 26 heavy (non-hydrogen) atoms. The molecule has 1 aromatic carbocycles. The molecule has 0 radical (unpaired) electrons. The number of rotatable bonds is 6. The van der Waals surface area contributed by atoms with Crippen molar-refractivity contribution in [2.75, 3.05) is 18.6 Å². The van der Waals surface area contributed by atoms with Gasteiger partial charge in [0.25, 0.3) is 5.91 Å². The third-order valence-electron chi connectivity index (χ3n) is 3.98. The molecule has 140 valence electrons. The lowest BCUT2D eigenvalue weighted by atomic mass is 10.1. The van der Waals surface area contributed by atoms with Crippen LogP contribution in [0.1, 0.15) is 40.5 Å². The Balaban J connectivity index is 1.91. The van der Waals surface area contributed by atoms with Gasteiger partial charge in [-0.05, 0) is 31.0 Å². The fourth-order valence-electron chi connectivity index (χ4n) is 2.57. The summed E-state index contributed by atoms with van der Waals surface area (Å²) in [7, 11) is -1.04. The number of carbonyl (C=O) groups is 1. The van der Waals surface area contributed by atoms with Crippen molar-refractivity contribution in [1.29, 1.82) is 0 Å². The fraction of sp³-hybridized carbons (Fsp3) is 0.438. The lowest BCUT2D eigenvalue weighted by Gasteiger charge is -2.11. The van der Waals surface area contributed by atoms with Crippen LogP contribution in [0.25, 0.3) is 5.69 Å². The molecule has 0 bridgehead atoms. The summed E-state index contributed by atoms with van der Waals surface area (Å²) in [6.45, 7) is 0.225. The third-order valence-corrected chi connectivity index (χ3v) is 4.76. The minimum atomic E-state index is -4.47. The van der Waals surface area contributed by atoms with Crippen LogP contribution in [0.3, 0.4) is 0 Å². The number of nitrogens with zero attached hydrogens (tertiary/aromatic N) is 3. The van der Waals surface area contributed by atoms with E-state index in [-0.39, 0.29) is 23.8 Å². The normalized spacial score (nSPS) is 15.7. The van der Waals surface area contributed by atoms with E-state index < -0.39 is 28.4 Å². The van der Waals surface area contributed by atoms with Crippen LogP contribution >= 0.6 is 0 Å². The first kappa shape index (κ1) is 18.6. The number of halogens is 3. The molecular weight excluding hydrogens is 369 g/mol. The molecule has 2 aromatic rings. The van der Waals surface area contributed by atoms with E-state index >= 15 is 0 Å². The Morgan fingerprint density at radius 2 is 2.12 bits per heavy atom. The largest absolute Gasteiger partial charge is 0.416 e. The van der Waals surface area contributed by atoms with E-state index in [1.807, 2.05) is 0 Å². The van der Waals surface area contributed by atoms with Crippen molar-refractivity contribution in [3.8, 4) is 5.69 Å². The zero-order valence-corrected chi connectivity index (χ0v) is 14.7. The van der Waals surface area contributed by atoms with Gasteiger partial charge in [-0.1, -0.05) is 11.3 Å². The summed E-state index contributed by atoms with van der Waals surface area (Å²) >= 11 is 0. The molecule has 6 nitrogen and oxygen atoms in total. The number of nitrogens with one attached hydrogen (secondary N) is 1. The van der Waals surface area contributed by atoms with Gasteiger partial charge in [-0.2, -0.15) is 13.2 Å². The van der Waals surface area contributed by atoms with Gasteiger partial charge in [0.15, 0.2) is 5.69 Å². The zero-order chi connectivity index (χ0) is 18.9. The predicted molar refractivity (Wildman–Crippen MR) is 89.6 cm³/mol. The number of carbonyl (C=O) groups excluding carboxylic acids is 1. The lowest BCUT2D eigenvalue weighted by molar-refractivity contribution is -0.137. The van der Waals surface area contributed by atoms with Crippen molar-refractivity contribution in [1.82, 2.24) is 20.3 Å². The molecule has 10 heteroatoms. The van der Waals surface area contributed by atoms with Gasteiger partial charge < -0.3 is 5.32 Å². The quantitative estimate of drug-likeness (QED) is 0.826. The monoisotopic (exact) mass is 386 g/mol. The topological polar surface area (TPSA) is 76.9 Å². The molecule has 0 spiro atoms. The van der Waals surface area contributed by atoms with Crippen molar-refractivity contribution in [2.24, 2.45) is 0 Å². The van der Waals surface area contributed by atoms with Gasteiger partial charge >= 0.3 is 6.18 Å². The Kier molecular flexibility index (Phi) is 5.12. The van der Waals surface area contributed by atoms with E-state index in [9.17, 15) is 22.2 Å². The second-order valence-electron chi connectivity index (χ2n) is 6.09. The fourth-order valence-corrected chi connectivity index (χ4v) is 2.96. The molecule has 3 rings (SSSR count). The Bertz CT molecular complexity index is 846. The van der Waals surface area contributed by atoms with Crippen molar-refractivity contribution in [3.63, 3.8) is 0 Å². The maximum Gasteiger partial charge on any atom is 0.416 e. The van der Waals surface area contributed by atoms with Gasteiger partial charge in [-0.25, -0.2) is 4.68 Å². The molecule has 1 amide bonds. The summed E-state index contributed by atoms with van der Waals surface area (Å²) in [4.78, 5) is 12.3. The van der Waals surface area contributed by atoms with Crippen LogP contribution in [0.5, 0.6) is 0 Å².